The maximum absolute atomic E-state index is 12.4. The normalized spacial score (nSPS) is 14.6. The SMILES string of the molecule is CCN(Cc1cccs1)C(=O)c1cc(C2CC2)on1. The Balaban J connectivity index is 1.72. The summed E-state index contributed by atoms with van der Waals surface area (Å²) in [7, 11) is 0. The van der Waals surface area contributed by atoms with Crippen LogP contribution in [0.2, 0.25) is 0 Å². The van der Waals surface area contributed by atoms with Crippen LogP contribution in [-0.2, 0) is 6.54 Å². The van der Waals surface area contributed by atoms with E-state index in [4.69, 9.17) is 4.52 Å². The molecule has 4 nitrogen and oxygen atoms in total. The quantitative estimate of drug-likeness (QED) is 0.842. The number of hydrogen-bond acceptors (Lipinski definition) is 4. The van der Waals surface area contributed by atoms with E-state index in [1.54, 1.807) is 22.3 Å². The predicted molar refractivity (Wildman–Crippen MR) is 73.2 cm³/mol. The number of hydrogen-bond donors (Lipinski definition) is 0. The lowest BCUT2D eigenvalue weighted by atomic mass is 10.2. The van der Waals surface area contributed by atoms with Crippen molar-refractivity contribution < 1.29 is 9.32 Å². The van der Waals surface area contributed by atoms with Crippen molar-refractivity contribution >= 4 is 17.2 Å². The van der Waals surface area contributed by atoms with Crippen LogP contribution < -0.4 is 0 Å². The van der Waals surface area contributed by atoms with Crippen molar-refractivity contribution in [2.45, 2.75) is 32.2 Å². The summed E-state index contributed by atoms with van der Waals surface area (Å²) >= 11 is 1.66. The molecule has 0 saturated heterocycles. The topological polar surface area (TPSA) is 46.3 Å². The zero-order valence-corrected chi connectivity index (χ0v) is 11.7. The second kappa shape index (κ2) is 5.17. The minimum absolute atomic E-state index is 0.0495. The fraction of sp³-hybridized carbons (Fsp3) is 0.429. The Bertz CT molecular complexity index is 558. The summed E-state index contributed by atoms with van der Waals surface area (Å²) in [4.78, 5) is 15.3. The summed E-state index contributed by atoms with van der Waals surface area (Å²) < 4.78 is 5.24. The minimum atomic E-state index is -0.0495. The van der Waals surface area contributed by atoms with Gasteiger partial charge in [-0.05, 0) is 31.2 Å². The van der Waals surface area contributed by atoms with E-state index in [1.165, 1.54) is 4.88 Å². The van der Waals surface area contributed by atoms with Gasteiger partial charge in [-0.2, -0.15) is 0 Å². The summed E-state index contributed by atoms with van der Waals surface area (Å²) in [5, 5.41) is 5.94. The van der Waals surface area contributed by atoms with Crippen molar-refractivity contribution in [2.75, 3.05) is 6.54 Å². The van der Waals surface area contributed by atoms with E-state index in [0.29, 0.717) is 24.7 Å². The third kappa shape index (κ3) is 2.71. The number of nitrogens with zero attached hydrogens (tertiary/aromatic N) is 2. The molecule has 2 heterocycles. The third-order valence-electron chi connectivity index (χ3n) is 3.32. The van der Waals surface area contributed by atoms with E-state index < -0.39 is 0 Å². The average molecular weight is 276 g/mol. The van der Waals surface area contributed by atoms with Crippen LogP contribution in [0.25, 0.3) is 0 Å². The molecular weight excluding hydrogens is 260 g/mol. The smallest absolute Gasteiger partial charge is 0.276 e. The molecule has 0 aliphatic heterocycles. The Morgan fingerprint density at radius 1 is 1.58 bits per heavy atom. The second-order valence-electron chi connectivity index (χ2n) is 4.79. The van der Waals surface area contributed by atoms with Crippen LogP contribution in [0.4, 0.5) is 0 Å². The molecule has 3 rings (SSSR count). The Kier molecular flexibility index (Phi) is 3.38. The summed E-state index contributed by atoms with van der Waals surface area (Å²) in [5.74, 6) is 1.29. The molecule has 1 aliphatic carbocycles. The van der Waals surface area contributed by atoms with Crippen molar-refractivity contribution in [3.63, 3.8) is 0 Å². The van der Waals surface area contributed by atoms with Crippen LogP contribution in [0.5, 0.6) is 0 Å². The molecule has 0 atom stereocenters. The molecule has 0 bridgehead atoms. The van der Waals surface area contributed by atoms with Crippen LogP contribution in [0.1, 0.15) is 46.8 Å². The molecule has 0 spiro atoms. The van der Waals surface area contributed by atoms with E-state index in [0.717, 1.165) is 18.6 Å². The lowest BCUT2D eigenvalue weighted by Gasteiger charge is -2.18. The molecule has 1 saturated carbocycles. The number of amides is 1. The fourth-order valence-corrected chi connectivity index (χ4v) is 2.75. The van der Waals surface area contributed by atoms with Gasteiger partial charge in [0, 0.05) is 23.4 Å². The van der Waals surface area contributed by atoms with Crippen LogP contribution >= 0.6 is 11.3 Å². The van der Waals surface area contributed by atoms with Crippen molar-refractivity contribution in [3.8, 4) is 0 Å². The van der Waals surface area contributed by atoms with Gasteiger partial charge in [0.2, 0.25) is 0 Å². The monoisotopic (exact) mass is 276 g/mol. The van der Waals surface area contributed by atoms with Crippen molar-refractivity contribution in [1.82, 2.24) is 10.1 Å². The molecule has 0 radical (unpaired) electrons. The van der Waals surface area contributed by atoms with E-state index in [1.807, 2.05) is 24.4 Å². The Morgan fingerprint density at radius 3 is 3.05 bits per heavy atom. The van der Waals surface area contributed by atoms with Gasteiger partial charge in [0.25, 0.3) is 5.91 Å². The number of aromatic nitrogens is 1. The Labute approximate surface area is 116 Å². The standard InChI is InChI=1S/C14H16N2O2S/c1-2-16(9-11-4-3-7-19-11)14(17)12-8-13(18-15-12)10-5-6-10/h3-4,7-8,10H,2,5-6,9H2,1H3. The number of rotatable bonds is 5. The molecular formula is C14H16N2O2S. The molecule has 0 N–H and O–H groups in total. The number of carbonyl (C=O) groups excluding carboxylic acids is 1. The summed E-state index contributed by atoms with van der Waals surface area (Å²) in [6.45, 7) is 3.29. The maximum atomic E-state index is 12.4. The lowest BCUT2D eigenvalue weighted by molar-refractivity contribution is 0.0743. The molecule has 1 aliphatic rings. The first-order valence-corrected chi connectivity index (χ1v) is 7.44. The van der Waals surface area contributed by atoms with Crippen molar-refractivity contribution in [3.05, 3.63) is 39.9 Å². The highest BCUT2D eigenvalue weighted by Crippen LogP contribution is 2.40. The maximum Gasteiger partial charge on any atom is 0.276 e. The van der Waals surface area contributed by atoms with Gasteiger partial charge < -0.3 is 9.42 Å². The first kappa shape index (κ1) is 12.4. The molecule has 5 heteroatoms. The van der Waals surface area contributed by atoms with Crippen LogP contribution in [0, 0.1) is 0 Å². The first-order chi connectivity index (χ1) is 9.28. The van der Waals surface area contributed by atoms with Gasteiger partial charge in [-0.3, -0.25) is 4.79 Å². The van der Waals surface area contributed by atoms with Crippen LogP contribution in [0.3, 0.4) is 0 Å². The first-order valence-electron chi connectivity index (χ1n) is 6.56. The highest BCUT2D eigenvalue weighted by molar-refractivity contribution is 7.09. The molecule has 100 valence electrons. The summed E-state index contributed by atoms with van der Waals surface area (Å²) in [6.07, 6.45) is 2.30. The highest BCUT2D eigenvalue weighted by Gasteiger charge is 2.29. The van der Waals surface area contributed by atoms with Gasteiger partial charge in [0.15, 0.2) is 5.69 Å². The molecule has 2 aromatic heterocycles. The van der Waals surface area contributed by atoms with Crippen molar-refractivity contribution in [2.24, 2.45) is 0 Å². The van der Waals surface area contributed by atoms with Crippen LogP contribution in [0.15, 0.2) is 28.1 Å². The predicted octanol–water partition coefficient (Wildman–Crippen LogP) is 3.28. The van der Waals surface area contributed by atoms with Gasteiger partial charge in [0.1, 0.15) is 5.76 Å². The van der Waals surface area contributed by atoms with E-state index in [2.05, 4.69) is 5.16 Å². The minimum Gasteiger partial charge on any atom is -0.360 e. The molecule has 2 aromatic rings. The second-order valence-corrected chi connectivity index (χ2v) is 5.82. The molecule has 1 fully saturated rings. The third-order valence-corrected chi connectivity index (χ3v) is 4.18. The van der Waals surface area contributed by atoms with E-state index in [-0.39, 0.29) is 5.91 Å². The van der Waals surface area contributed by atoms with Gasteiger partial charge >= 0.3 is 0 Å². The van der Waals surface area contributed by atoms with Gasteiger partial charge in [-0.25, -0.2) is 0 Å². The zero-order chi connectivity index (χ0) is 13.2. The summed E-state index contributed by atoms with van der Waals surface area (Å²) in [5.41, 5.74) is 0.431. The molecule has 0 aromatic carbocycles. The Morgan fingerprint density at radius 2 is 2.42 bits per heavy atom. The Hall–Kier alpha value is -1.62. The van der Waals surface area contributed by atoms with Crippen LogP contribution in [-0.4, -0.2) is 22.5 Å². The lowest BCUT2D eigenvalue weighted by Crippen LogP contribution is -2.30. The van der Waals surface area contributed by atoms with Crippen molar-refractivity contribution in [1.29, 1.82) is 0 Å². The fourth-order valence-electron chi connectivity index (χ4n) is 2.03. The van der Waals surface area contributed by atoms with E-state index >= 15 is 0 Å². The summed E-state index contributed by atoms with van der Waals surface area (Å²) in [6, 6.07) is 5.84. The number of carbonyl (C=O) groups is 1. The van der Waals surface area contributed by atoms with Gasteiger partial charge in [0.05, 0.1) is 6.54 Å². The number of thiophene rings is 1. The zero-order valence-electron chi connectivity index (χ0n) is 10.8. The van der Waals surface area contributed by atoms with E-state index in [9.17, 15) is 4.79 Å². The molecule has 19 heavy (non-hydrogen) atoms. The highest BCUT2D eigenvalue weighted by atomic mass is 32.1. The molecule has 0 unspecified atom stereocenters. The molecule has 1 amide bonds. The van der Waals surface area contributed by atoms with Gasteiger partial charge in [-0.1, -0.05) is 11.2 Å². The van der Waals surface area contributed by atoms with Gasteiger partial charge in [-0.15, -0.1) is 11.3 Å². The largest absolute Gasteiger partial charge is 0.360 e. The average Bonchev–Trinajstić information content (AvgIpc) is 2.95.